The third-order valence-corrected chi connectivity index (χ3v) is 11.6. The maximum atomic E-state index is 13.7. The van der Waals surface area contributed by atoms with Gasteiger partial charge < -0.3 is 39.3 Å². The lowest BCUT2D eigenvalue weighted by Crippen LogP contribution is -2.35. The number of aliphatic imine (C=N–C) groups is 1. The molecule has 0 spiro atoms. The zero-order valence-electron chi connectivity index (χ0n) is 37.8. The minimum Gasteiger partial charge on any atom is -0.493 e. The van der Waals surface area contributed by atoms with E-state index in [1.165, 1.54) is 0 Å². The molecule has 336 valence electrons. The summed E-state index contributed by atoms with van der Waals surface area (Å²) in [6.07, 6.45) is 9.76. The highest BCUT2D eigenvalue weighted by Gasteiger charge is 2.34. The maximum Gasteiger partial charge on any atom is 0.279 e. The summed E-state index contributed by atoms with van der Waals surface area (Å²) in [7, 11) is 5.15. The minimum absolute atomic E-state index is 0.0183. The predicted molar refractivity (Wildman–Crippen MR) is 250 cm³/mol. The van der Waals surface area contributed by atoms with Gasteiger partial charge in [0.25, 0.3) is 17.7 Å². The van der Waals surface area contributed by atoms with Crippen LogP contribution in [0.4, 0.5) is 17.2 Å². The van der Waals surface area contributed by atoms with E-state index in [2.05, 4.69) is 59.3 Å². The van der Waals surface area contributed by atoms with Crippen LogP contribution in [0.3, 0.4) is 0 Å². The first-order valence-corrected chi connectivity index (χ1v) is 21.6. The number of rotatable bonds is 14. The fourth-order valence-electron chi connectivity index (χ4n) is 8.25. The van der Waals surface area contributed by atoms with E-state index in [1.54, 1.807) is 99.6 Å². The van der Waals surface area contributed by atoms with Crippen LogP contribution >= 0.6 is 0 Å². The largest absolute Gasteiger partial charge is 0.493 e. The number of amides is 3. The molecule has 1 saturated heterocycles. The number of Topliss-reactive ketones (excluding diaryl/α,β-unsaturated/α-hetero) is 1. The van der Waals surface area contributed by atoms with E-state index >= 15 is 0 Å². The predicted octanol–water partition coefficient (Wildman–Crippen LogP) is 6.90. The monoisotopic (exact) mass is 878 g/mol. The van der Waals surface area contributed by atoms with Crippen molar-refractivity contribution < 1.29 is 28.7 Å². The molecular formula is C49H54N10O6. The molecule has 1 atom stereocenters. The van der Waals surface area contributed by atoms with Gasteiger partial charge in [-0.1, -0.05) is 18.2 Å². The maximum absolute atomic E-state index is 13.7. The standard InChI is InChI=1S/C49H54N10O6/c1-29-16-35-24-50-37-22-42(30(2)17-36(37)47(63)59(35)25-29)65-15-9-10-44(61)53-43-28-57(8)45(54-43)41(60)20-32-19-39(55(6)26-32)46(62)52-34-21-40(56(7)27-34)48(64)58-14-13-33-18-31(11-12-38(33)58)23-51-49(3,4)5/h11-14,17-19,21-22,24,26-28,35,51H,1,9-10,15-16,20,23,25H2,2-8H3,(H,52,62)(H,53,61)/t35-/m0/s1. The van der Waals surface area contributed by atoms with Crippen LogP contribution in [0, 0.1) is 6.92 Å². The van der Waals surface area contributed by atoms with E-state index in [1.807, 2.05) is 25.1 Å². The minimum atomic E-state index is -0.405. The quantitative estimate of drug-likeness (QED) is 0.0601. The summed E-state index contributed by atoms with van der Waals surface area (Å²) in [6.45, 7) is 13.8. The molecule has 0 aliphatic carbocycles. The van der Waals surface area contributed by atoms with Gasteiger partial charge in [-0.3, -0.25) is 33.5 Å². The van der Waals surface area contributed by atoms with Crippen molar-refractivity contribution in [1.29, 1.82) is 0 Å². The number of imidazole rings is 1. The molecule has 16 heteroatoms. The Labute approximate surface area is 377 Å². The summed E-state index contributed by atoms with van der Waals surface area (Å²) in [5.74, 6) is -0.303. The molecule has 6 heterocycles. The number of carbonyl (C=O) groups excluding carboxylic acids is 5. The Balaban J connectivity index is 0.826. The Kier molecular flexibility index (Phi) is 12.0. The summed E-state index contributed by atoms with van der Waals surface area (Å²) in [5.41, 5.74) is 6.55. The van der Waals surface area contributed by atoms with Crippen molar-refractivity contribution in [2.75, 3.05) is 23.8 Å². The Bertz CT molecular complexity index is 2940. The molecule has 1 fully saturated rings. The Morgan fingerprint density at radius 2 is 1.69 bits per heavy atom. The number of hydrogen-bond acceptors (Lipinski definition) is 9. The van der Waals surface area contributed by atoms with Crippen molar-refractivity contribution in [3.63, 3.8) is 0 Å². The van der Waals surface area contributed by atoms with Crippen LogP contribution in [0.5, 0.6) is 5.75 Å². The van der Waals surface area contributed by atoms with Crippen LogP contribution in [-0.4, -0.2) is 88.5 Å². The number of anilines is 2. The summed E-state index contributed by atoms with van der Waals surface area (Å²) >= 11 is 0. The van der Waals surface area contributed by atoms with Gasteiger partial charge in [0.05, 0.1) is 35.1 Å². The average molecular weight is 879 g/mol. The van der Waals surface area contributed by atoms with Gasteiger partial charge in [0, 0.05) is 95.1 Å². The second-order valence-electron chi connectivity index (χ2n) is 18.0. The topological polar surface area (TPSA) is 179 Å². The number of benzene rings is 2. The van der Waals surface area contributed by atoms with E-state index in [-0.39, 0.29) is 66.2 Å². The summed E-state index contributed by atoms with van der Waals surface area (Å²) in [6, 6.07) is 14.7. The van der Waals surface area contributed by atoms with Crippen molar-refractivity contribution in [3.8, 4) is 5.75 Å². The number of aryl methyl sites for hydroxylation is 4. The lowest BCUT2D eigenvalue weighted by Gasteiger charge is -2.20. The number of ether oxygens (including phenoxy) is 1. The third kappa shape index (κ3) is 9.62. The van der Waals surface area contributed by atoms with Gasteiger partial charge in [0.1, 0.15) is 17.1 Å². The highest BCUT2D eigenvalue weighted by Crippen LogP contribution is 2.35. The van der Waals surface area contributed by atoms with E-state index in [4.69, 9.17) is 4.74 Å². The van der Waals surface area contributed by atoms with Gasteiger partial charge in [-0.05, 0) is 93.6 Å². The van der Waals surface area contributed by atoms with Crippen LogP contribution < -0.4 is 20.7 Å². The molecular weight excluding hydrogens is 825 g/mol. The number of carbonyl (C=O) groups is 5. The third-order valence-electron chi connectivity index (χ3n) is 11.6. The first-order chi connectivity index (χ1) is 30.9. The SMILES string of the molecule is C=C1C[C@H]2C=Nc3cc(OCCCC(=O)Nc4cn(C)c(C(=O)Cc5cc(C(=O)Nc6cc(C(=O)n7ccc8cc(CNC(C)(C)C)ccc87)n(C)c6)n(C)c5)n4)c(C)cc3C(=O)N2C1. The zero-order chi connectivity index (χ0) is 46.3. The molecule has 2 aliphatic heterocycles. The van der Waals surface area contributed by atoms with Gasteiger partial charge in [-0.25, -0.2) is 4.98 Å². The lowest BCUT2D eigenvalue weighted by atomic mass is 10.1. The van der Waals surface area contributed by atoms with E-state index in [0.717, 1.165) is 27.6 Å². The molecule has 16 nitrogen and oxygen atoms in total. The zero-order valence-corrected chi connectivity index (χ0v) is 37.8. The van der Waals surface area contributed by atoms with Gasteiger partial charge >= 0.3 is 0 Å². The van der Waals surface area contributed by atoms with Crippen LogP contribution in [0.2, 0.25) is 0 Å². The molecule has 0 saturated carbocycles. The molecule has 2 aliphatic rings. The van der Waals surface area contributed by atoms with E-state index < -0.39 is 5.91 Å². The number of hydrogen-bond donors (Lipinski definition) is 3. The highest BCUT2D eigenvalue weighted by atomic mass is 16.5. The fourth-order valence-corrected chi connectivity index (χ4v) is 8.25. The normalized spacial score (nSPS) is 14.7. The van der Waals surface area contributed by atoms with Gasteiger partial charge in [0.15, 0.2) is 11.6 Å². The average Bonchev–Trinajstić information content (AvgIpc) is 4.07. The van der Waals surface area contributed by atoms with Crippen molar-refractivity contribution in [3.05, 3.63) is 125 Å². The molecule has 4 aromatic heterocycles. The van der Waals surface area contributed by atoms with Crippen LogP contribution in [-0.2, 0) is 38.9 Å². The second kappa shape index (κ2) is 17.7. The lowest BCUT2D eigenvalue weighted by molar-refractivity contribution is -0.116. The molecule has 3 amide bonds. The van der Waals surface area contributed by atoms with Crippen LogP contribution in [0.1, 0.15) is 98.7 Å². The van der Waals surface area contributed by atoms with Crippen LogP contribution in [0.15, 0.2) is 90.5 Å². The molecule has 6 aromatic rings. The molecule has 0 radical (unpaired) electrons. The molecule has 0 bridgehead atoms. The van der Waals surface area contributed by atoms with Crippen molar-refractivity contribution in [2.45, 2.75) is 71.5 Å². The van der Waals surface area contributed by atoms with Crippen molar-refractivity contribution in [2.24, 2.45) is 26.1 Å². The van der Waals surface area contributed by atoms with Crippen molar-refractivity contribution >= 4 is 63.7 Å². The van der Waals surface area contributed by atoms with Gasteiger partial charge in [0.2, 0.25) is 11.7 Å². The summed E-state index contributed by atoms with van der Waals surface area (Å²) in [4.78, 5) is 77.5. The highest BCUT2D eigenvalue weighted by molar-refractivity contribution is 6.06. The van der Waals surface area contributed by atoms with E-state index in [9.17, 15) is 24.0 Å². The van der Waals surface area contributed by atoms with Gasteiger partial charge in [-0.2, -0.15) is 0 Å². The molecule has 65 heavy (non-hydrogen) atoms. The number of nitrogens with zero attached hydrogens (tertiary/aromatic N) is 7. The number of nitrogens with one attached hydrogen (secondary N) is 3. The van der Waals surface area contributed by atoms with Gasteiger partial charge in [-0.15, -0.1) is 0 Å². The fraction of sp³-hybridized carbons (Fsp3) is 0.327. The number of aromatic nitrogens is 5. The van der Waals surface area contributed by atoms with Crippen molar-refractivity contribution in [1.82, 2.24) is 33.5 Å². The summed E-state index contributed by atoms with van der Waals surface area (Å²) in [5, 5.41) is 10.1. The molecule has 3 N–H and O–H groups in total. The number of fused-ring (bicyclic) bond motifs is 3. The molecule has 0 unspecified atom stereocenters. The second-order valence-corrected chi connectivity index (χ2v) is 18.0. The van der Waals surface area contributed by atoms with Crippen LogP contribution in [0.25, 0.3) is 10.9 Å². The molecule has 8 rings (SSSR count). The molecule has 2 aromatic carbocycles. The first kappa shape index (κ1) is 44.3. The Hall–Kier alpha value is -7.33. The first-order valence-electron chi connectivity index (χ1n) is 21.6. The Morgan fingerprint density at radius 3 is 2.48 bits per heavy atom. The van der Waals surface area contributed by atoms with E-state index in [0.29, 0.717) is 65.6 Å². The smallest absolute Gasteiger partial charge is 0.279 e. The number of ketones is 1. The Morgan fingerprint density at radius 1 is 0.908 bits per heavy atom. The summed E-state index contributed by atoms with van der Waals surface area (Å²) < 4.78 is 12.5.